The van der Waals surface area contributed by atoms with Crippen molar-refractivity contribution < 1.29 is 9.90 Å². The van der Waals surface area contributed by atoms with Gasteiger partial charge in [-0.1, -0.05) is 0 Å². The van der Waals surface area contributed by atoms with Gasteiger partial charge in [-0.05, 0) is 38.0 Å². The minimum atomic E-state index is -0.680. The summed E-state index contributed by atoms with van der Waals surface area (Å²) >= 11 is 1.51. The second-order valence-corrected chi connectivity index (χ2v) is 6.30. The van der Waals surface area contributed by atoms with Crippen molar-refractivity contribution in [2.45, 2.75) is 44.4 Å². The molecule has 1 aliphatic carbocycles. The molecule has 1 N–H and O–H groups in total. The van der Waals surface area contributed by atoms with Gasteiger partial charge in [-0.3, -0.25) is 4.79 Å². The fourth-order valence-electron chi connectivity index (χ4n) is 2.60. The van der Waals surface area contributed by atoms with Gasteiger partial charge in [-0.2, -0.15) is 4.37 Å². The molecule has 0 aromatic carbocycles. The van der Waals surface area contributed by atoms with Crippen molar-refractivity contribution in [3.63, 3.8) is 0 Å². The van der Waals surface area contributed by atoms with E-state index in [1.54, 1.807) is 0 Å². The Morgan fingerprint density at radius 2 is 2.05 bits per heavy atom. The summed E-state index contributed by atoms with van der Waals surface area (Å²) in [4.78, 5) is 17.5. The highest BCUT2D eigenvalue weighted by Crippen LogP contribution is 2.40. The average Bonchev–Trinajstić information content (AvgIpc) is 3.15. The molecule has 0 amide bonds. The molecule has 0 atom stereocenters. The van der Waals surface area contributed by atoms with E-state index < -0.39 is 5.97 Å². The summed E-state index contributed by atoms with van der Waals surface area (Å²) in [6, 6.07) is 0. The number of carbonyl (C=O) groups is 1. The van der Waals surface area contributed by atoms with Crippen LogP contribution in [0.1, 0.15) is 50.3 Å². The Labute approximate surface area is 116 Å². The highest BCUT2D eigenvalue weighted by molar-refractivity contribution is 7.09. The third kappa shape index (κ3) is 3.23. The number of carboxylic acids is 1. The highest BCUT2D eigenvalue weighted by atomic mass is 32.1. The van der Waals surface area contributed by atoms with Crippen molar-refractivity contribution in [1.82, 2.24) is 9.36 Å². The summed E-state index contributed by atoms with van der Waals surface area (Å²) in [6.45, 7) is 1.98. The van der Waals surface area contributed by atoms with Crippen LogP contribution in [0, 0.1) is 5.92 Å². The lowest BCUT2D eigenvalue weighted by atomic mass is 9.92. The van der Waals surface area contributed by atoms with Crippen LogP contribution in [-0.2, 0) is 4.79 Å². The van der Waals surface area contributed by atoms with Crippen LogP contribution in [0.25, 0.3) is 0 Å². The van der Waals surface area contributed by atoms with Crippen molar-refractivity contribution in [2.24, 2.45) is 5.92 Å². The predicted octanol–water partition coefficient (Wildman–Crippen LogP) is 2.50. The quantitative estimate of drug-likeness (QED) is 0.898. The number of hydrogen-bond donors (Lipinski definition) is 1. The molecule has 1 aromatic heterocycles. The topological polar surface area (TPSA) is 66.3 Å². The maximum absolute atomic E-state index is 10.6. The van der Waals surface area contributed by atoms with Crippen LogP contribution in [0.15, 0.2) is 0 Å². The molecule has 0 spiro atoms. The molecule has 3 rings (SSSR count). The Kier molecular flexibility index (Phi) is 3.68. The van der Waals surface area contributed by atoms with Crippen LogP contribution in [-0.4, -0.2) is 33.5 Å². The van der Waals surface area contributed by atoms with Crippen molar-refractivity contribution in [1.29, 1.82) is 0 Å². The van der Waals surface area contributed by atoms with Crippen LogP contribution >= 0.6 is 11.5 Å². The van der Waals surface area contributed by atoms with Gasteiger partial charge >= 0.3 is 5.97 Å². The third-order valence-corrected chi connectivity index (χ3v) is 4.82. The molecule has 1 aromatic rings. The normalized spacial score (nSPS) is 20.7. The smallest absolute Gasteiger partial charge is 0.303 e. The van der Waals surface area contributed by atoms with Crippen molar-refractivity contribution in [2.75, 3.05) is 18.0 Å². The minimum Gasteiger partial charge on any atom is -0.481 e. The molecule has 5 nitrogen and oxygen atoms in total. The Bertz CT molecular complexity index is 450. The molecule has 1 saturated heterocycles. The first-order valence-corrected chi connectivity index (χ1v) is 7.80. The van der Waals surface area contributed by atoms with Gasteiger partial charge in [0, 0.05) is 37.0 Å². The zero-order valence-electron chi connectivity index (χ0n) is 10.9. The van der Waals surface area contributed by atoms with E-state index >= 15 is 0 Å². The van der Waals surface area contributed by atoms with Crippen LogP contribution in [0.2, 0.25) is 0 Å². The van der Waals surface area contributed by atoms with Crippen molar-refractivity contribution in [3.05, 3.63) is 5.82 Å². The molecule has 0 unspecified atom stereocenters. The summed E-state index contributed by atoms with van der Waals surface area (Å²) in [5.41, 5.74) is 0. The number of rotatable bonds is 5. The van der Waals surface area contributed by atoms with Crippen LogP contribution in [0.3, 0.4) is 0 Å². The van der Waals surface area contributed by atoms with E-state index in [1.165, 1.54) is 24.4 Å². The second-order valence-electron chi connectivity index (χ2n) is 5.57. The minimum absolute atomic E-state index is 0.301. The number of nitrogens with zero attached hydrogens (tertiary/aromatic N) is 3. The van der Waals surface area contributed by atoms with Gasteiger partial charge in [-0.15, -0.1) is 0 Å². The lowest BCUT2D eigenvalue weighted by Crippen LogP contribution is -2.33. The number of anilines is 1. The van der Waals surface area contributed by atoms with E-state index in [1.807, 2.05) is 0 Å². The Morgan fingerprint density at radius 3 is 2.68 bits per heavy atom. The molecule has 2 fully saturated rings. The summed E-state index contributed by atoms with van der Waals surface area (Å²) in [6.07, 6.45) is 5.75. The van der Waals surface area contributed by atoms with Crippen molar-refractivity contribution in [3.8, 4) is 0 Å². The third-order valence-electron chi connectivity index (χ3n) is 4.03. The summed E-state index contributed by atoms with van der Waals surface area (Å²) in [7, 11) is 0. The molecule has 2 heterocycles. The fourth-order valence-corrected chi connectivity index (χ4v) is 3.40. The van der Waals surface area contributed by atoms with Crippen molar-refractivity contribution >= 4 is 22.6 Å². The highest BCUT2D eigenvalue weighted by Gasteiger charge is 2.29. The lowest BCUT2D eigenvalue weighted by Gasteiger charge is -2.31. The maximum atomic E-state index is 10.6. The maximum Gasteiger partial charge on any atom is 0.303 e. The number of piperidine rings is 1. The zero-order chi connectivity index (χ0) is 13.2. The van der Waals surface area contributed by atoms with Gasteiger partial charge in [0.25, 0.3) is 0 Å². The predicted molar refractivity (Wildman–Crippen MR) is 73.7 cm³/mol. The van der Waals surface area contributed by atoms with Gasteiger partial charge in [0.1, 0.15) is 5.82 Å². The second kappa shape index (κ2) is 5.45. The molecule has 104 valence electrons. The van der Waals surface area contributed by atoms with E-state index in [0.717, 1.165) is 43.3 Å². The summed E-state index contributed by atoms with van der Waals surface area (Å²) < 4.78 is 4.44. The van der Waals surface area contributed by atoms with E-state index in [-0.39, 0.29) is 0 Å². The lowest BCUT2D eigenvalue weighted by molar-refractivity contribution is -0.137. The van der Waals surface area contributed by atoms with E-state index in [0.29, 0.717) is 18.3 Å². The van der Waals surface area contributed by atoms with Gasteiger partial charge < -0.3 is 10.0 Å². The van der Waals surface area contributed by atoms with Crippen LogP contribution in [0.5, 0.6) is 0 Å². The molecular weight excluding hydrogens is 262 g/mol. The molecule has 0 radical (unpaired) electrons. The number of carboxylic acid groups (broad SMARTS) is 1. The van der Waals surface area contributed by atoms with Crippen LogP contribution in [0.4, 0.5) is 5.13 Å². The number of aliphatic carboxylic acids is 1. The van der Waals surface area contributed by atoms with Gasteiger partial charge in [0.2, 0.25) is 5.13 Å². The monoisotopic (exact) mass is 281 g/mol. The molecule has 1 saturated carbocycles. The fraction of sp³-hybridized carbons (Fsp3) is 0.769. The molecular formula is C13H19N3O2S. The van der Waals surface area contributed by atoms with E-state index in [2.05, 4.69) is 14.3 Å². The Hall–Kier alpha value is -1.17. The summed E-state index contributed by atoms with van der Waals surface area (Å²) in [5, 5.41) is 9.76. The first-order valence-electron chi connectivity index (χ1n) is 7.02. The molecule has 2 aliphatic rings. The largest absolute Gasteiger partial charge is 0.481 e. The zero-order valence-corrected chi connectivity index (χ0v) is 11.7. The van der Waals surface area contributed by atoms with Gasteiger partial charge in [0.05, 0.1) is 0 Å². The number of hydrogen-bond acceptors (Lipinski definition) is 5. The molecule has 1 aliphatic heterocycles. The molecule has 6 heteroatoms. The standard InChI is InChI=1S/C13H19N3O2S/c17-11(18)4-1-9-5-7-16(8-6-9)13-14-12(15-19-13)10-2-3-10/h9-10H,1-8H2,(H,17,18). The van der Waals surface area contributed by atoms with Crippen LogP contribution < -0.4 is 4.90 Å². The van der Waals surface area contributed by atoms with E-state index in [9.17, 15) is 4.79 Å². The van der Waals surface area contributed by atoms with E-state index in [4.69, 9.17) is 5.11 Å². The van der Waals surface area contributed by atoms with Gasteiger partial charge in [0.15, 0.2) is 0 Å². The summed E-state index contributed by atoms with van der Waals surface area (Å²) in [5.74, 6) is 1.54. The number of aromatic nitrogens is 2. The Balaban J connectivity index is 1.50. The Morgan fingerprint density at radius 1 is 1.32 bits per heavy atom. The molecule has 19 heavy (non-hydrogen) atoms. The average molecular weight is 281 g/mol. The SMILES string of the molecule is O=C(O)CCC1CCN(c2nc(C3CC3)ns2)CC1. The molecule has 0 bridgehead atoms. The first-order chi connectivity index (χ1) is 9.22. The first kappa shape index (κ1) is 12.8. The van der Waals surface area contributed by atoms with Gasteiger partial charge in [-0.25, -0.2) is 4.98 Å².